The van der Waals surface area contributed by atoms with Crippen molar-refractivity contribution in [1.29, 1.82) is 0 Å². The lowest BCUT2D eigenvalue weighted by molar-refractivity contribution is -0.122. The summed E-state index contributed by atoms with van der Waals surface area (Å²) in [6, 6.07) is 0.318. The third kappa shape index (κ3) is 3.68. The predicted octanol–water partition coefficient (Wildman–Crippen LogP) is 0.652. The maximum Gasteiger partial charge on any atom is 0.237 e. The molecule has 0 spiro atoms. The Balaban J connectivity index is 1.67. The molecule has 0 aromatic heterocycles. The summed E-state index contributed by atoms with van der Waals surface area (Å²) in [6.07, 6.45) is 5.78. The van der Waals surface area contributed by atoms with Gasteiger partial charge in [0.1, 0.15) is 0 Å². The van der Waals surface area contributed by atoms with Gasteiger partial charge in [-0.2, -0.15) is 0 Å². The van der Waals surface area contributed by atoms with Gasteiger partial charge in [0.15, 0.2) is 0 Å². The van der Waals surface area contributed by atoms with Crippen molar-refractivity contribution in [3.63, 3.8) is 0 Å². The maximum atomic E-state index is 11.7. The lowest BCUT2D eigenvalue weighted by atomic mass is 9.97. The molecular formula is C13H24N2O2. The number of carbonyl (C=O) groups is 1. The van der Waals surface area contributed by atoms with Gasteiger partial charge >= 0.3 is 0 Å². The third-order valence-electron chi connectivity index (χ3n) is 4.05. The van der Waals surface area contributed by atoms with Gasteiger partial charge in [-0.1, -0.05) is 6.42 Å². The summed E-state index contributed by atoms with van der Waals surface area (Å²) in [5.41, 5.74) is 0. The van der Waals surface area contributed by atoms with E-state index in [0.717, 1.165) is 25.8 Å². The highest BCUT2D eigenvalue weighted by Crippen LogP contribution is 2.30. The van der Waals surface area contributed by atoms with Crippen LogP contribution >= 0.6 is 0 Å². The number of amides is 1. The molecule has 0 aromatic carbocycles. The van der Waals surface area contributed by atoms with E-state index in [1.165, 1.54) is 12.8 Å². The molecular weight excluding hydrogens is 216 g/mol. The zero-order valence-electron chi connectivity index (χ0n) is 10.6. The molecule has 2 saturated carbocycles. The van der Waals surface area contributed by atoms with Crippen LogP contribution in [0.15, 0.2) is 0 Å². The van der Waals surface area contributed by atoms with Crippen molar-refractivity contribution in [3.05, 3.63) is 0 Å². The molecule has 2 aliphatic rings. The van der Waals surface area contributed by atoms with Gasteiger partial charge in [-0.15, -0.1) is 0 Å². The Morgan fingerprint density at radius 1 is 1.29 bits per heavy atom. The highest BCUT2D eigenvalue weighted by atomic mass is 16.3. The number of aliphatic hydroxyl groups is 1. The van der Waals surface area contributed by atoms with E-state index in [0.29, 0.717) is 17.9 Å². The standard InChI is InChI=1S/C13H24N2O2/c1-9(13(17)15-12-5-6-12)14-7-10-3-2-4-11(10)8-16/h9-12,14,16H,2-8H2,1H3,(H,15,17). The molecule has 2 aliphatic carbocycles. The number of rotatable bonds is 6. The minimum absolute atomic E-state index is 0.115. The summed E-state index contributed by atoms with van der Waals surface area (Å²) in [6.45, 7) is 3.06. The lowest BCUT2D eigenvalue weighted by Gasteiger charge is -2.20. The van der Waals surface area contributed by atoms with E-state index in [-0.39, 0.29) is 18.6 Å². The first-order valence-electron chi connectivity index (χ1n) is 6.85. The van der Waals surface area contributed by atoms with Gasteiger partial charge in [0.25, 0.3) is 0 Å². The summed E-state index contributed by atoms with van der Waals surface area (Å²) < 4.78 is 0. The van der Waals surface area contributed by atoms with Gasteiger partial charge in [-0.3, -0.25) is 4.79 Å². The van der Waals surface area contributed by atoms with Crippen LogP contribution in [0, 0.1) is 11.8 Å². The SMILES string of the molecule is CC(NCC1CCCC1CO)C(=O)NC1CC1. The Kier molecular flexibility index (Phi) is 4.40. The second-order valence-corrected chi connectivity index (χ2v) is 5.55. The number of nitrogens with one attached hydrogen (secondary N) is 2. The van der Waals surface area contributed by atoms with Gasteiger partial charge in [-0.25, -0.2) is 0 Å². The first-order valence-corrected chi connectivity index (χ1v) is 6.85. The molecule has 17 heavy (non-hydrogen) atoms. The average molecular weight is 240 g/mol. The predicted molar refractivity (Wildman–Crippen MR) is 66.5 cm³/mol. The highest BCUT2D eigenvalue weighted by molar-refractivity contribution is 5.81. The Bertz CT molecular complexity index is 266. The quantitative estimate of drug-likeness (QED) is 0.639. The average Bonchev–Trinajstić information content (AvgIpc) is 3.02. The topological polar surface area (TPSA) is 61.4 Å². The Morgan fingerprint density at radius 3 is 2.65 bits per heavy atom. The van der Waals surface area contributed by atoms with E-state index in [2.05, 4.69) is 10.6 Å². The molecule has 0 aromatic rings. The van der Waals surface area contributed by atoms with Gasteiger partial charge in [0, 0.05) is 12.6 Å². The Morgan fingerprint density at radius 2 is 2.00 bits per heavy atom. The fraction of sp³-hybridized carbons (Fsp3) is 0.923. The van der Waals surface area contributed by atoms with Crippen LogP contribution in [0.2, 0.25) is 0 Å². The molecule has 3 atom stereocenters. The summed E-state index contributed by atoms with van der Waals surface area (Å²) >= 11 is 0. The molecule has 0 bridgehead atoms. The van der Waals surface area contributed by atoms with Crippen LogP contribution in [-0.4, -0.2) is 36.2 Å². The van der Waals surface area contributed by atoms with E-state index < -0.39 is 0 Å². The van der Waals surface area contributed by atoms with E-state index in [9.17, 15) is 9.90 Å². The molecule has 0 heterocycles. The minimum Gasteiger partial charge on any atom is -0.396 e. The Hall–Kier alpha value is -0.610. The smallest absolute Gasteiger partial charge is 0.237 e. The second-order valence-electron chi connectivity index (χ2n) is 5.55. The van der Waals surface area contributed by atoms with Crippen molar-refractivity contribution in [2.75, 3.05) is 13.2 Å². The van der Waals surface area contributed by atoms with Crippen molar-refractivity contribution in [1.82, 2.24) is 10.6 Å². The normalized spacial score (nSPS) is 30.2. The van der Waals surface area contributed by atoms with Crippen LogP contribution < -0.4 is 10.6 Å². The maximum absolute atomic E-state index is 11.7. The minimum atomic E-state index is -0.115. The molecule has 98 valence electrons. The molecule has 2 fully saturated rings. The summed E-state index contributed by atoms with van der Waals surface area (Å²) in [7, 11) is 0. The fourth-order valence-electron chi connectivity index (χ4n) is 2.60. The van der Waals surface area contributed by atoms with Crippen LogP contribution in [-0.2, 0) is 4.79 Å². The zero-order valence-corrected chi connectivity index (χ0v) is 10.6. The van der Waals surface area contributed by atoms with Crippen LogP contribution in [0.3, 0.4) is 0 Å². The molecule has 4 heteroatoms. The van der Waals surface area contributed by atoms with Crippen LogP contribution in [0.25, 0.3) is 0 Å². The zero-order chi connectivity index (χ0) is 12.3. The molecule has 3 unspecified atom stereocenters. The van der Waals surface area contributed by atoms with E-state index in [1.54, 1.807) is 0 Å². The first-order chi connectivity index (χ1) is 8.20. The molecule has 3 N–H and O–H groups in total. The molecule has 0 radical (unpaired) electrons. The van der Waals surface area contributed by atoms with Gasteiger partial charge in [0.05, 0.1) is 6.04 Å². The Labute approximate surface area is 103 Å². The van der Waals surface area contributed by atoms with Gasteiger partial charge < -0.3 is 15.7 Å². The number of hydrogen-bond acceptors (Lipinski definition) is 3. The highest BCUT2D eigenvalue weighted by Gasteiger charge is 2.28. The summed E-state index contributed by atoms with van der Waals surface area (Å²) in [5.74, 6) is 1.09. The number of aliphatic hydroxyl groups excluding tert-OH is 1. The van der Waals surface area contributed by atoms with Crippen molar-refractivity contribution >= 4 is 5.91 Å². The molecule has 2 rings (SSSR count). The first kappa shape index (κ1) is 12.8. The second kappa shape index (κ2) is 5.83. The van der Waals surface area contributed by atoms with E-state index >= 15 is 0 Å². The summed E-state index contributed by atoms with van der Waals surface area (Å²) in [5, 5.41) is 15.5. The van der Waals surface area contributed by atoms with Crippen molar-refractivity contribution < 1.29 is 9.90 Å². The fourth-order valence-corrected chi connectivity index (χ4v) is 2.60. The van der Waals surface area contributed by atoms with Crippen LogP contribution in [0.1, 0.15) is 39.0 Å². The number of hydrogen-bond donors (Lipinski definition) is 3. The van der Waals surface area contributed by atoms with Crippen LogP contribution in [0.4, 0.5) is 0 Å². The molecule has 0 saturated heterocycles. The monoisotopic (exact) mass is 240 g/mol. The van der Waals surface area contributed by atoms with Crippen molar-refractivity contribution in [2.24, 2.45) is 11.8 Å². The molecule has 0 aliphatic heterocycles. The largest absolute Gasteiger partial charge is 0.396 e. The number of carbonyl (C=O) groups excluding carboxylic acids is 1. The van der Waals surface area contributed by atoms with Gasteiger partial charge in [-0.05, 0) is 51.0 Å². The van der Waals surface area contributed by atoms with Crippen molar-refractivity contribution in [2.45, 2.75) is 51.1 Å². The third-order valence-corrected chi connectivity index (χ3v) is 4.05. The van der Waals surface area contributed by atoms with Crippen molar-refractivity contribution in [3.8, 4) is 0 Å². The van der Waals surface area contributed by atoms with Crippen LogP contribution in [0.5, 0.6) is 0 Å². The van der Waals surface area contributed by atoms with E-state index in [1.807, 2.05) is 6.92 Å². The van der Waals surface area contributed by atoms with E-state index in [4.69, 9.17) is 0 Å². The lowest BCUT2D eigenvalue weighted by Crippen LogP contribution is -2.45. The van der Waals surface area contributed by atoms with Gasteiger partial charge in [0.2, 0.25) is 5.91 Å². The summed E-state index contributed by atoms with van der Waals surface area (Å²) in [4.78, 5) is 11.7. The molecule has 1 amide bonds. The molecule has 4 nitrogen and oxygen atoms in total.